The van der Waals surface area contributed by atoms with Crippen molar-refractivity contribution in [2.24, 2.45) is 5.73 Å². The van der Waals surface area contributed by atoms with Crippen LogP contribution >= 0.6 is 0 Å². The molecular weight excluding hydrogens is 164 g/mol. The lowest BCUT2D eigenvalue weighted by Gasteiger charge is -2.09. The molecule has 0 spiro atoms. The lowest BCUT2D eigenvalue weighted by molar-refractivity contribution is 0.116. The highest BCUT2D eigenvalue weighted by Crippen LogP contribution is 2.19. The summed E-state index contributed by atoms with van der Waals surface area (Å²) in [6, 6.07) is 4.15. The molecule has 0 aliphatic rings. The number of hydrogen-bond donors (Lipinski definition) is 2. The van der Waals surface area contributed by atoms with Crippen molar-refractivity contribution < 1.29 is 13.9 Å². The predicted molar refractivity (Wildman–Crippen MR) is 41.0 cm³/mol. The minimum atomic E-state index is -2.57. The lowest BCUT2D eigenvalue weighted by atomic mass is 10.1. The van der Waals surface area contributed by atoms with Gasteiger partial charge in [0.25, 0.3) is 6.43 Å². The van der Waals surface area contributed by atoms with Crippen molar-refractivity contribution in [3.05, 3.63) is 29.8 Å². The molecule has 0 aromatic heterocycles. The normalized spacial score (nSPS) is 13.3. The summed E-state index contributed by atoms with van der Waals surface area (Å²) < 4.78 is 24.1. The molecule has 0 saturated heterocycles. The first kappa shape index (κ1) is 8.93. The van der Waals surface area contributed by atoms with E-state index in [2.05, 4.69) is 0 Å². The van der Waals surface area contributed by atoms with Gasteiger partial charge in [0.1, 0.15) is 5.75 Å². The Bertz CT molecular complexity index is 248. The molecule has 0 heterocycles. The molecule has 0 bridgehead atoms. The molecule has 0 unspecified atom stereocenters. The van der Waals surface area contributed by atoms with Gasteiger partial charge in [-0.25, -0.2) is 8.78 Å². The second-order valence-corrected chi connectivity index (χ2v) is 2.45. The summed E-state index contributed by atoms with van der Waals surface area (Å²) in [7, 11) is 0. The average molecular weight is 173 g/mol. The van der Waals surface area contributed by atoms with Crippen molar-refractivity contribution in [3.8, 4) is 5.75 Å². The van der Waals surface area contributed by atoms with Gasteiger partial charge in [0.15, 0.2) is 0 Å². The number of nitrogens with two attached hydrogens (primary N) is 1. The minimum Gasteiger partial charge on any atom is -0.508 e. The van der Waals surface area contributed by atoms with Crippen LogP contribution in [0.15, 0.2) is 24.3 Å². The third-order valence-electron chi connectivity index (χ3n) is 1.55. The monoisotopic (exact) mass is 173 g/mol. The molecule has 0 fully saturated rings. The predicted octanol–water partition coefficient (Wildman–Crippen LogP) is 1.66. The first-order valence-electron chi connectivity index (χ1n) is 3.44. The smallest absolute Gasteiger partial charge is 0.257 e. The summed E-state index contributed by atoms with van der Waals surface area (Å²) in [6.07, 6.45) is -2.57. The van der Waals surface area contributed by atoms with Crippen LogP contribution in [0.3, 0.4) is 0 Å². The summed E-state index contributed by atoms with van der Waals surface area (Å²) in [4.78, 5) is 0. The van der Waals surface area contributed by atoms with Gasteiger partial charge in [-0.2, -0.15) is 0 Å². The first-order chi connectivity index (χ1) is 5.61. The van der Waals surface area contributed by atoms with Crippen LogP contribution in [0.2, 0.25) is 0 Å². The molecule has 0 amide bonds. The fraction of sp³-hybridized carbons (Fsp3) is 0.250. The van der Waals surface area contributed by atoms with E-state index in [0.29, 0.717) is 5.56 Å². The number of alkyl halides is 2. The standard InChI is InChI=1S/C8H9F2NO/c9-8(10)7(11)5-1-3-6(12)4-2-5/h1-4,7-8,12H,11H2/t7-/m0/s1. The molecule has 1 aromatic rings. The molecule has 3 N–H and O–H groups in total. The van der Waals surface area contributed by atoms with Crippen molar-refractivity contribution in [2.75, 3.05) is 0 Å². The molecule has 4 heteroatoms. The van der Waals surface area contributed by atoms with Crippen LogP contribution in [-0.4, -0.2) is 11.5 Å². The van der Waals surface area contributed by atoms with E-state index in [9.17, 15) is 8.78 Å². The molecule has 0 saturated carbocycles. The van der Waals surface area contributed by atoms with Gasteiger partial charge in [-0.1, -0.05) is 12.1 Å². The number of rotatable bonds is 2. The fourth-order valence-electron chi connectivity index (χ4n) is 0.842. The molecular formula is C8H9F2NO. The maximum atomic E-state index is 12.0. The van der Waals surface area contributed by atoms with Crippen molar-refractivity contribution in [2.45, 2.75) is 12.5 Å². The van der Waals surface area contributed by atoms with Crippen LogP contribution in [0.4, 0.5) is 8.78 Å². The number of aromatic hydroxyl groups is 1. The van der Waals surface area contributed by atoms with Crippen LogP contribution in [-0.2, 0) is 0 Å². The first-order valence-corrected chi connectivity index (χ1v) is 3.44. The van der Waals surface area contributed by atoms with Gasteiger partial charge in [-0.15, -0.1) is 0 Å². The average Bonchev–Trinajstić information content (AvgIpc) is 2.04. The molecule has 2 nitrogen and oxygen atoms in total. The third kappa shape index (κ3) is 1.92. The molecule has 0 radical (unpaired) electrons. The Morgan fingerprint density at radius 2 is 1.67 bits per heavy atom. The Morgan fingerprint density at radius 1 is 1.17 bits per heavy atom. The summed E-state index contributed by atoms with van der Waals surface area (Å²) in [6.45, 7) is 0. The number of phenols is 1. The van der Waals surface area contributed by atoms with Crippen molar-refractivity contribution in [1.82, 2.24) is 0 Å². The van der Waals surface area contributed by atoms with Gasteiger partial charge in [0.05, 0.1) is 6.04 Å². The van der Waals surface area contributed by atoms with E-state index in [1.807, 2.05) is 0 Å². The maximum absolute atomic E-state index is 12.0. The van der Waals surface area contributed by atoms with Gasteiger partial charge in [-0.05, 0) is 17.7 Å². The molecule has 66 valence electrons. The Labute approximate surface area is 68.6 Å². The zero-order valence-corrected chi connectivity index (χ0v) is 6.24. The molecule has 0 aliphatic carbocycles. The molecule has 12 heavy (non-hydrogen) atoms. The van der Waals surface area contributed by atoms with E-state index in [1.54, 1.807) is 0 Å². The second-order valence-electron chi connectivity index (χ2n) is 2.45. The summed E-state index contributed by atoms with van der Waals surface area (Å²) in [5.74, 6) is 0.0419. The van der Waals surface area contributed by atoms with E-state index in [1.165, 1.54) is 24.3 Å². The molecule has 1 rings (SSSR count). The number of hydrogen-bond acceptors (Lipinski definition) is 2. The summed E-state index contributed by atoms with van der Waals surface area (Å²) in [5, 5.41) is 8.85. The number of phenolic OH excluding ortho intramolecular Hbond substituents is 1. The zero-order chi connectivity index (χ0) is 9.14. The fourth-order valence-corrected chi connectivity index (χ4v) is 0.842. The van der Waals surface area contributed by atoms with Gasteiger partial charge in [0, 0.05) is 0 Å². The largest absolute Gasteiger partial charge is 0.508 e. The van der Waals surface area contributed by atoms with E-state index in [-0.39, 0.29) is 5.75 Å². The summed E-state index contributed by atoms with van der Waals surface area (Å²) in [5.41, 5.74) is 5.48. The Hall–Kier alpha value is -1.16. The van der Waals surface area contributed by atoms with Gasteiger partial charge < -0.3 is 10.8 Å². The van der Waals surface area contributed by atoms with Crippen molar-refractivity contribution >= 4 is 0 Å². The van der Waals surface area contributed by atoms with Crippen LogP contribution < -0.4 is 5.73 Å². The van der Waals surface area contributed by atoms with E-state index >= 15 is 0 Å². The Balaban J connectivity index is 2.82. The number of halogens is 2. The highest BCUT2D eigenvalue weighted by atomic mass is 19.3. The van der Waals surface area contributed by atoms with E-state index in [4.69, 9.17) is 10.8 Å². The molecule has 1 atom stereocenters. The van der Waals surface area contributed by atoms with E-state index in [0.717, 1.165) is 0 Å². The molecule has 1 aromatic carbocycles. The zero-order valence-electron chi connectivity index (χ0n) is 6.24. The van der Waals surface area contributed by atoms with Crippen molar-refractivity contribution in [3.63, 3.8) is 0 Å². The van der Waals surface area contributed by atoms with Gasteiger partial charge >= 0.3 is 0 Å². The van der Waals surface area contributed by atoms with Crippen LogP contribution in [0.1, 0.15) is 11.6 Å². The topological polar surface area (TPSA) is 46.2 Å². The third-order valence-corrected chi connectivity index (χ3v) is 1.55. The Kier molecular flexibility index (Phi) is 2.60. The van der Waals surface area contributed by atoms with Gasteiger partial charge in [-0.3, -0.25) is 0 Å². The highest BCUT2D eigenvalue weighted by Gasteiger charge is 2.16. The number of benzene rings is 1. The SMILES string of the molecule is N[C@@H](c1ccc(O)cc1)C(F)F. The van der Waals surface area contributed by atoms with Gasteiger partial charge in [0.2, 0.25) is 0 Å². The second kappa shape index (κ2) is 3.49. The van der Waals surface area contributed by atoms with Crippen LogP contribution in [0.25, 0.3) is 0 Å². The van der Waals surface area contributed by atoms with Crippen molar-refractivity contribution in [1.29, 1.82) is 0 Å². The quantitative estimate of drug-likeness (QED) is 0.714. The highest BCUT2D eigenvalue weighted by molar-refractivity contribution is 5.28. The van der Waals surface area contributed by atoms with Crippen LogP contribution in [0.5, 0.6) is 5.75 Å². The summed E-state index contributed by atoms with van der Waals surface area (Å²) >= 11 is 0. The molecule has 0 aliphatic heterocycles. The lowest BCUT2D eigenvalue weighted by Crippen LogP contribution is -2.18. The van der Waals surface area contributed by atoms with Crippen LogP contribution in [0, 0.1) is 0 Å². The van der Waals surface area contributed by atoms with E-state index < -0.39 is 12.5 Å². The maximum Gasteiger partial charge on any atom is 0.257 e. The Morgan fingerprint density at radius 3 is 2.08 bits per heavy atom. The minimum absolute atomic E-state index is 0.0419.